The maximum absolute atomic E-state index is 13.3. The normalized spacial score (nSPS) is 37.7. The van der Waals surface area contributed by atoms with E-state index in [0.29, 0.717) is 25.7 Å². The zero-order chi connectivity index (χ0) is 20.7. The maximum atomic E-state index is 13.3. The first kappa shape index (κ1) is 20.4. The van der Waals surface area contributed by atoms with Gasteiger partial charge in [-0.1, -0.05) is 23.8 Å². The van der Waals surface area contributed by atoms with Crippen molar-refractivity contribution < 1.29 is 29.0 Å². The van der Waals surface area contributed by atoms with E-state index in [1.54, 1.807) is 12.2 Å². The summed E-state index contributed by atoms with van der Waals surface area (Å²) in [4.78, 5) is 36.4. The Kier molecular flexibility index (Phi) is 5.02. The highest BCUT2D eigenvalue weighted by atomic mass is 16.6. The second-order valence-corrected chi connectivity index (χ2v) is 8.50. The third-order valence-corrected chi connectivity index (χ3v) is 6.75. The van der Waals surface area contributed by atoms with Crippen LogP contribution in [0.1, 0.15) is 59.8 Å². The minimum atomic E-state index is -1.00. The molecule has 3 aliphatic rings. The fraction of sp³-hybridized carbons (Fsp3) is 0.591. The Bertz CT molecular complexity index is 806. The Labute approximate surface area is 165 Å². The van der Waals surface area contributed by atoms with Crippen LogP contribution in [0.4, 0.5) is 0 Å². The number of carbonyl (C=O) groups excluding carboxylic acids is 2. The van der Waals surface area contributed by atoms with E-state index < -0.39 is 28.6 Å². The summed E-state index contributed by atoms with van der Waals surface area (Å²) in [7, 11) is 0. The lowest BCUT2D eigenvalue weighted by atomic mass is 9.62. The summed E-state index contributed by atoms with van der Waals surface area (Å²) < 4.78 is 11.9. The molecule has 0 radical (unpaired) electrons. The van der Waals surface area contributed by atoms with E-state index in [1.165, 1.54) is 25.5 Å². The topological polar surface area (TPSA) is 89.9 Å². The van der Waals surface area contributed by atoms with E-state index >= 15 is 0 Å². The molecule has 152 valence electrons. The van der Waals surface area contributed by atoms with Crippen molar-refractivity contribution in [3.63, 3.8) is 0 Å². The van der Waals surface area contributed by atoms with Crippen LogP contribution in [0, 0.1) is 11.3 Å². The van der Waals surface area contributed by atoms with Crippen LogP contribution in [0.3, 0.4) is 0 Å². The predicted octanol–water partition coefficient (Wildman–Crippen LogP) is 3.72. The Hall–Kier alpha value is -2.37. The minimum absolute atomic E-state index is 0.185. The van der Waals surface area contributed by atoms with Crippen molar-refractivity contribution in [2.24, 2.45) is 11.3 Å². The molecular formula is C22H28O6. The highest BCUT2D eigenvalue weighted by molar-refractivity contribution is 5.86. The van der Waals surface area contributed by atoms with Crippen molar-refractivity contribution in [2.75, 3.05) is 0 Å². The number of carboxylic acids is 1. The largest absolute Gasteiger partial charge is 0.478 e. The lowest BCUT2D eigenvalue weighted by molar-refractivity contribution is -0.235. The molecule has 1 heterocycles. The lowest BCUT2D eigenvalue weighted by Crippen LogP contribution is -2.65. The van der Waals surface area contributed by atoms with Crippen LogP contribution in [-0.2, 0) is 23.9 Å². The Balaban J connectivity index is 2.07. The molecule has 1 aliphatic heterocycles. The van der Waals surface area contributed by atoms with Gasteiger partial charge >= 0.3 is 17.9 Å². The first-order valence-electron chi connectivity index (χ1n) is 9.74. The first-order valence-corrected chi connectivity index (χ1v) is 9.74. The van der Waals surface area contributed by atoms with Crippen LogP contribution in [0.5, 0.6) is 0 Å². The molecule has 0 aromatic heterocycles. The summed E-state index contributed by atoms with van der Waals surface area (Å²) in [6, 6.07) is 0. The second kappa shape index (κ2) is 6.90. The number of esters is 2. The third kappa shape index (κ3) is 2.99. The maximum Gasteiger partial charge on any atom is 0.331 e. The smallest absolute Gasteiger partial charge is 0.331 e. The standard InChI is InChI=1S/C22H28O6/c1-14-7-11-21-12-9-17(22(21,13-8-14)27-16(3)23)20(4,28-19(21)26)10-5-6-15(2)18(24)25/h5-7,10,17H,8-9,11-13H2,1-4H3,(H,24,25)/t17-,20-,21-,22+/m0/s1. The molecule has 3 rings (SSSR count). The molecule has 6 heteroatoms. The molecule has 2 bridgehead atoms. The van der Waals surface area contributed by atoms with E-state index in [1.807, 2.05) is 13.8 Å². The molecule has 1 saturated heterocycles. The van der Waals surface area contributed by atoms with E-state index in [-0.39, 0.29) is 17.5 Å². The van der Waals surface area contributed by atoms with E-state index in [0.717, 1.165) is 6.42 Å². The predicted molar refractivity (Wildman–Crippen MR) is 102 cm³/mol. The molecule has 6 nitrogen and oxygen atoms in total. The number of aliphatic carboxylic acids is 1. The number of rotatable bonds is 4. The van der Waals surface area contributed by atoms with Crippen LogP contribution in [0.15, 0.2) is 35.5 Å². The van der Waals surface area contributed by atoms with E-state index in [4.69, 9.17) is 14.6 Å². The van der Waals surface area contributed by atoms with Crippen molar-refractivity contribution in [2.45, 2.75) is 71.0 Å². The fourth-order valence-corrected chi connectivity index (χ4v) is 5.25. The summed E-state index contributed by atoms with van der Waals surface area (Å²) in [6.45, 7) is 6.75. The molecule has 28 heavy (non-hydrogen) atoms. The molecular weight excluding hydrogens is 360 g/mol. The summed E-state index contributed by atoms with van der Waals surface area (Å²) in [5.74, 6) is -1.91. The van der Waals surface area contributed by atoms with Gasteiger partial charge in [0.15, 0.2) is 0 Å². The zero-order valence-corrected chi connectivity index (χ0v) is 16.9. The van der Waals surface area contributed by atoms with Crippen LogP contribution in [0.25, 0.3) is 0 Å². The van der Waals surface area contributed by atoms with Crippen molar-refractivity contribution in [3.05, 3.63) is 35.5 Å². The van der Waals surface area contributed by atoms with Crippen molar-refractivity contribution in [1.82, 2.24) is 0 Å². The van der Waals surface area contributed by atoms with Crippen LogP contribution >= 0.6 is 0 Å². The van der Waals surface area contributed by atoms with E-state index in [9.17, 15) is 14.4 Å². The number of carbonyl (C=O) groups is 3. The van der Waals surface area contributed by atoms with Gasteiger partial charge in [-0.3, -0.25) is 9.59 Å². The van der Waals surface area contributed by atoms with Crippen LogP contribution < -0.4 is 0 Å². The number of ether oxygens (including phenoxy) is 2. The minimum Gasteiger partial charge on any atom is -0.478 e. The summed E-state index contributed by atoms with van der Waals surface area (Å²) in [5.41, 5.74) is -1.35. The van der Waals surface area contributed by atoms with Gasteiger partial charge in [0.25, 0.3) is 0 Å². The molecule has 1 saturated carbocycles. The Morgan fingerprint density at radius 2 is 2.04 bits per heavy atom. The van der Waals surface area contributed by atoms with Crippen molar-refractivity contribution in [1.29, 1.82) is 0 Å². The molecule has 2 fully saturated rings. The van der Waals surface area contributed by atoms with Crippen molar-refractivity contribution in [3.8, 4) is 0 Å². The van der Waals surface area contributed by atoms with Gasteiger partial charge in [0.2, 0.25) is 0 Å². The molecule has 0 aromatic rings. The number of hydrogen-bond acceptors (Lipinski definition) is 5. The highest BCUT2D eigenvalue weighted by Gasteiger charge is 2.74. The van der Waals surface area contributed by atoms with Crippen LogP contribution in [-0.4, -0.2) is 34.2 Å². The second-order valence-electron chi connectivity index (χ2n) is 8.50. The van der Waals surface area contributed by atoms with Crippen LogP contribution in [0.2, 0.25) is 0 Å². The highest BCUT2D eigenvalue weighted by Crippen LogP contribution is 2.65. The number of carboxylic acid groups (broad SMARTS) is 1. The number of allylic oxidation sites excluding steroid dienone is 4. The Morgan fingerprint density at radius 3 is 2.68 bits per heavy atom. The molecule has 0 amide bonds. The molecule has 1 N–H and O–H groups in total. The average Bonchev–Trinajstić information content (AvgIpc) is 2.77. The van der Waals surface area contributed by atoms with Gasteiger partial charge in [-0.05, 0) is 59.0 Å². The average molecular weight is 388 g/mol. The summed E-state index contributed by atoms with van der Waals surface area (Å²) in [6.07, 6.45) is 10.1. The molecule has 0 unspecified atom stereocenters. The number of hydrogen-bond donors (Lipinski definition) is 1. The molecule has 4 atom stereocenters. The van der Waals surface area contributed by atoms with Gasteiger partial charge in [-0.15, -0.1) is 0 Å². The molecule has 2 aliphatic carbocycles. The third-order valence-electron chi connectivity index (χ3n) is 6.75. The monoisotopic (exact) mass is 388 g/mol. The van der Waals surface area contributed by atoms with Gasteiger partial charge in [0, 0.05) is 18.4 Å². The first-order chi connectivity index (χ1) is 13.1. The lowest BCUT2D eigenvalue weighted by Gasteiger charge is -2.54. The summed E-state index contributed by atoms with van der Waals surface area (Å²) in [5, 5.41) is 9.03. The van der Waals surface area contributed by atoms with Crippen molar-refractivity contribution >= 4 is 17.9 Å². The van der Waals surface area contributed by atoms with E-state index in [2.05, 4.69) is 6.08 Å². The SMILES string of the molecule is CC(=O)O[C@@]12CCC(C)=CC[C@@]13CC[C@H]2[C@](C)(C=CC=C(C)C(=O)O)OC3=O. The van der Waals surface area contributed by atoms with Gasteiger partial charge in [0.1, 0.15) is 16.6 Å². The molecule has 0 aromatic carbocycles. The van der Waals surface area contributed by atoms with Gasteiger partial charge in [-0.25, -0.2) is 4.79 Å². The zero-order valence-electron chi connectivity index (χ0n) is 16.9. The fourth-order valence-electron chi connectivity index (χ4n) is 5.25. The number of cyclic esters (lactones) is 1. The quantitative estimate of drug-likeness (QED) is 0.342. The Morgan fingerprint density at radius 1 is 1.32 bits per heavy atom. The molecule has 0 spiro atoms. The van der Waals surface area contributed by atoms with Gasteiger partial charge in [0.05, 0.1) is 0 Å². The summed E-state index contributed by atoms with van der Waals surface area (Å²) >= 11 is 0. The van der Waals surface area contributed by atoms with Gasteiger partial charge in [-0.2, -0.15) is 0 Å². The van der Waals surface area contributed by atoms with Gasteiger partial charge < -0.3 is 14.6 Å².